The Morgan fingerprint density at radius 2 is 2.24 bits per heavy atom. The number of Topliss-reactive ketones (excluding diaryl/α,β-unsaturated/α-hetero) is 1. The van der Waals surface area contributed by atoms with Crippen LogP contribution in [0.4, 0.5) is 0 Å². The predicted molar refractivity (Wildman–Crippen MR) is 70.7 cm³/mol. The molecule has 0 aromatic heterocycles. The maximum Gasteiger partial charge on any atom is 0.161 e. The number of nitrogens with zero attached hydrogens (tertiary/aromatic N) is 1. The monoisotopic (exact) mass is 291 g/mol. The van der Waals surface area contributed by atoms with Crippen molar-refractivity contribution in [1.82, 2.24) is 4.90 Å². The number of hydrogen-bond donors (Lipinski definition) is 0. The zero-order valence-electron chi connectivity index (χ0n) is 9.53. The first-order valence-electron chi connectivity index (χ1n) is 5.88. The average molecular weight is 292 g/mol. The predicted octanol–water partition coefficient (Wildman–Crippen LogP) is 2.95. The molecule has 17 heavy (non-hydrogen) atoms. The summed E-state index contributed by atoms with van der Waals surface area (Å²) < 4.78 is 1.03. The van der Waals surface area contributed by atoms with Gasteiger partial charge in [0, 0.05) is 23.5 Å². The maximum absolute atomic E-state index is 12.4. The first-order chi connectivity index (χ1) is 8.16. The molecule has 0 saturated carbocycles. The molecule has 0 spiro atoms. The molecule has 3 atom stereocenters. The van der Waals surface area contributed by atoms with Crippen LogP contribution >= 0.6 is 15.9 Å². The van der Waals surface area contributed by atoms with Gasteiger partial charge in [-0.1, -0.05) is 40.2 Å². The molecule has 3 unspecified atom stereocenters. The summed E-state index contributed by atoms with van der Waals surface area (Å²) >= 11 is 3.47. The van der Waals surface area contributed by atoms with Gasteiger partial charge in [-0.25, -0.2) is 0 Å². The zero-order valence-corrected chi connectivity index (χ0v) is 11.1. The molecule has 4 rings (SSSR count). The Balaban J connectivity index is 1.99. The molecule has 0 amide bonds. The Morgan fingerprint density at radius 3 is 2.88 bits per heavy atom. The van der Waals surface area contributed by atoms with Gasteiger partial charge in [-0.2, -0.15) is 0 Å². The summed E-state index contributed by atoms with van der Waals surface area (Å²) in [6.45, 7) is 5.90. The van der Waals surface area contributed by atoms with Gasteiger partial charge in [0.1, 0.15) is 0 Å². The quantitative estimate of drug-likeness (QED) is 0.742. The van der Waals surface area contributed by atoms with Crippen molar-refractivity contribution < 1.29 is 4.79 Å². The largest absolute Gasteiger partial charge is 0.297 e. The number of halogens is 1. The number of fused-ring (bicyclic) bond motifs is 3. The van der Waals surface area contributed by atoms with E-state index in [2.05, 4.69) is 27.4 Å². The molecular weight excluding hydrogens is 278 g/mol. The fraction of sp³-hybridized carbons (Fsp3) is 0.357. The van der Waals surface area contributed by atoms with E-state index in [1.54, 1.807) is 0 Å². The highest BCUT2D eigenvalue weighted by Crippen LogP contribution is 2.40. The molecular formula is C14H14BrNO. The minimum absolute atomic E-state index is 0.0586. The van der Waals surface area contributed by atoms with Gasteiger partial charge in [-0.3, -0.25) is 9.69 Å². The number of rotatable bonds is 1. The molecule has 1 aromatic carbocycles. The van der Waals surface area contributed by atoms with Gasteiger partial charge >= 0.3 is 0 Å². The van der Waals surface area contributed by atoms with Crippen LogP contribution in [-0.2, 0) is 4.79 Å². The van der Waals surface area contributed by atoms with Crippen molar-refractivity contribution in [3.63, 3.8) is 0 Å². The van der Waals surface area contributed by atoms with Crippen molar-refractivity contribution in [3.8, 4) is 0 Å². The fourth-order valence-corrected chi connectivity index (χ4v) is 3.35. The molecule has 1 aromatic rings. The van der Waals surface area contributed by atoms with E-state index in [1.807, 2.05) is 24.3 Å². The third-order valence-corrected chi connectivity index (χ3v) is 4.24. The van der Waals surface area contributed by atoms with Crippen molar-refractivity contribution in [3.05, 3.63) is 46.5 Å². The first kappa shape index (κ1) is 11.2. The lowest BCUT2D eigenvalue weighted by molar-refractivity contribution is -0.133. The third-order valence-electron chi connectivity index (χ3n) is 3.75. The van der Waals surface area contributed by atoms with Crippen LogP contribution in [0.5, 0.6) is 0 Å². The number of piperidine rings is 3. The van der Waals surface area contributed by atoms with Crippen molar-refractivity contribution in [2.24, 2.45) is 5.92 Å². The lowest BCUT2D eigenvalue weighted by Gasteiger charge is -2.45. The molecule has 3 aliphatic rings. The van der Waals surface area contributed by atoms with Gasteiger partial charge in [-0.15, -0.1) is 0 Å². The summed E-state index contributed by atoms with van der Waals surface area (Å²) in [4.78, 5) is 14.6. The number of carbonyl (C=O) groups is 1. The first-order valence-corrected chi connectivity index (χ1v) is 6.67. The van der Waals surface area contributed by atoms with Crippen LogP contribution in [-0.4, -0.2) is 23.8 Å². The zero-order chi connectivity index (χ0) is 12.0. The molecule has 2 bridgehead atoms. The third kappa shape index (κ3) is 1.78. The normalized spacial score (nSPS) is 31.9. The summed E-state index contributed by atoms with van der Waals surface area (Å²) in [5, 5.41) is 0. The Bertz CT molecular complexity index is 497. The Hall–Kier alpha value is -0.930. The van der Waals surface area contributed by atoms with E-state index in [-0.39, 0.29) is 12.0 Å². The smallest absolute Gasteiger partial charge is 0.161 e. The Labute approximate surface area is 109 Å². The van der Waals surface area contributed by atoms with Gasteiger partial charge in [0.15, 0.2) is 5.78 Å². The summed E-state index contributed by atoms with van der Waals surface area (Å²) in [7, 11) is 0. The maximum atomic E-state index is 12.4. The lowest BCUT2D eigenvalue weighted by atomic mass is 9.77. The van der Waals surface area contributed by atoms with Gasteiger partial charge in [0.25, 0.3) is 0 Å². The molecule has 3 fully saturated rings. The van der Waals surface area contributed by atoms with Gasteiger partial charge in [-0.05, 0) is 24.1 Å². The standard InChI is InChI=1S/C14H14BrNO/c1-9-8-16-6-5-12(9)14(17)13(16)10-3-2-4-11(15)7-10/h2-4,7,12-13H,1,5-6,8H2. The summed E-state index contributed by atoms with van der Waals surface area (Å²) in [5.41, 5.74) is 2.19. The van der Waals surface area contributed by atoms with Crippen molar-refractivity contribution in [1.29, 1.82) is 0 Å². The molecule has 0 N–H and O–H groups in total. The van der Waals surface area contributed by atoms with E-state index in [0.717, 1.165) is 35.1 Å². The second-order valence-electron chi connectivity index (χ2n) is 4.83. The summed E-state index contributed by atoms with van der Waals surface area (Å²) in [6.07, 6.45) is 0.947. The van der Waals surface area contributed by atoms with Crippen LogP contribution in [0.2, 0.25) is 0 Å². The highest BCUT2D eigenvalue weighted by Gasteiger charge is 2.43. The number of carbonyl (C=O) groups excluding carboxylic acids is 1. The summed E-state index contributed by atoms with van der Waals surface area (Å²) in [5.74, 6) is 0.412. The van der Waals surface area contributed by atoms with E-state index in [4.69, 9.17) is 0 Å². The lowest BCUT2D eigenvalue weighted by Crippen LogP contribution is -2.51. The molecule has 3 heteroatoms. The Morgan fingerprint density at radius 1 is 1.41 bits per heavy atom. The van der Waals surface area contributed by atoms with Crippen LogP contribution in [0.3, 0.4) is 0 Å². The number of benzene rings is 1. The number of hydrogen-bond acceptors (Lipinski definition) is 2. The van der Waals surface area contributed by atoms with E-state index in [9.17, 15) is 4.79 Å². The topological polar surface area (TPSA) is 20.3 Å². The average Bonchev–Trinajstić information content (AvgIpc) is 2.29. The van der Waals surface area contributed by atoms with Crippen LogP contribution in [0, 0.1) is 5.92 Å². The van der Waals surface area contributed by atoms with Gasteiger partial charge in [0.2, 0.25) is 0 Å². The molecule has 3 heterocycles. The molecule has 2 nitrogen and oxygen atoms in total. The van der Waals surface area contributed by atoms with Gasteiger partial charge in [0.05, 0.1) is 6.04 Å². The molecule has 0 radical (unpaired) electrons. The van der Waals surface area contributed by atoms with Crippen molar-refractivity contribution in [2.75, 3.05) is 13.1 Å². The second-order valence-corrected chi connectivity index (χ2v) is 5.75. The molecule has 88 valence electrons. The van der Waals surface area contributed by atoms with E-state index in [1.165, 1.54) is 0 Å². The molecule has 0 aliphatic carbocycles. The van der Waals surface area contributed by atoms with Crippen LogP contribution in [0.1, 0.15) is 18.0 Å². The van der Waals surface area contributed by atoms with E-state index in [0.29, 0.717) is 5.78 Å². The fourth-order valence-electron chi connectivity index (χ4n) is 2.94. The molecule has 3 aliphatic heterocycles. The van der Waals surface area contributed by atoms with Crippen LogP contribution in [0.25, 0.3) is 0 Å². The van der Waals surface area contributed by atoms with E-state index >= 15 is 0 Å². The highest BCUT2D eigenvalue weighted by molar-refractivity contribution is 9.10. The summed E-state index contributed by atoms with van der Waals surface area (Å²) in [6, 6.07) is 8.01. The SMILES string of the molecule is C=C1CN2CCC1C(=O)C2c1cccc(Br)c1. The highest BCUT2D eigenvalue weighted by atomic mass is 79.9. The van der Waals surface area contributed by atoms with Crippen molar-refractivity contribution in [2.45, 2.75) is 12.5 Å². The minimum atomic E-state index is -0.0586. The van der Waals surface area contributed by atoms with E-state index < -0.39 is 0 Å². The van der Waals surface area contributed by atoms with Crippen LogP contribution < -0.4 is 0 Å². The second kappa shape index (κ2) is 4.07. The minimum Gasteiger partial charge on any atom is -0.297 e. The van der Waals surface area contributed by atoms with Gasteiger partial charge < -0.3 is 0 Å². The van der Waals surface area contributed by atoms with Crippen LogP contribution in [0.15, 0.2) is 40.9 Å². The molecule has 3 saturated heterocycles. The Kier molecular flexibility index (Phi) is 2.68. The van der Waals surface area contributed by atoms with Crippen molar-refractivity contribution >= 4 is 21.7 Å². The number of ketones is 1.